The lowest BCUT2D eigenvalue weighted by Crippen LogP contribution is -2.29. The standard InChI is InChI=1S/C11H15N5O2/c12-4-6-3-7(17)1-2-9(6)16-5-8(11(14)18)10(13)15-16/h5-7,9,17H,1-3H2,(H2,13,15)(H2,14,18). The number of hydrogen-bond acceptors (Lipinski definition) is 5. The Bertz CT molecular complexity index is 504. The maximum atomic E-state index is 11.1. The number of carbonyl (C=O) groups excluding carboxylic acids is 1. The van der Waals surface area contributed by atoms with Crippen LogP contribution in [0.2, 0.25) is 0 Å². The molecule has 1 heterocycles. The summed E-state index contributed by atoms with van der Waals surface area (Å²) < 4.78 is 1.52. The summed E-state index contributed by atoms with van der Waals surface area (Å²) in [5.74, 6) is -0.901. The number of anilines is 1. The first-order valence-electron chi connectivity index (χ1n) is 5.75. The van der Waals surface area contributed by atoms with Crippen LogP contribution in [0.15, 0.2) is 6.20 Å². The first kappa shape index (κ1) is 12.4. The fourth-order valence-corrected chi connectivity index (χ4v) is 2.35. The van der Waals surface area contributed by atoms with Gasteiger partial charge < -0.3 is 16.6 Å². The second kappa shape index (κ2) is 4.66. The SMILES string of the molecule is N#CC1CC(O)CCC1n1cc(C(N)=O)c(N)n1. The molecule has 18 heavy (non-hydrogen) atoms. The van der Waals surface area contributed by atoms with E-state index in [9.17, 15) is 9.90 Å². The summed E-state index contributed by atoms with van der Waals surface area (Å²) in [6.07, 6.45) is 2.67. The van der Waals surface area contributed by atoms with Crippen molar-refractivity contribution in [1.82, 2.24) is 9.78 Å². The van der Waals surface area contributed by atoms with Crippen LogP contribution < -0.4 is 11.5 Å². The van der Waals surface area contributed by atoms with Crippen molar-refractivity contribution < 1.29 is 9.90 Å². The van der Waals surface area contributed by atoms with Gasteiger partial charge in [-0.2, -0.15) is 10.4 Å². The highest BCUT2D eigenvalue weighted by Gasteiger charge is 2.32. The molecule has 1 aliphatic rings. The summed E-state index contributed by atoms with van der Waals surface area (Å²) in [5.41, 5.74) is 10.9. The Kier molecular flexibility index (Phi) is 3.21. The lowest BCUT2D eigenvalue weighted by atomic mass is 9.84. The molecule has 7 heteroatoms. The minimum absolute atomic E-state index is 0.0744. The largest absolute Gasteiger partial charge is 0.393 e. The zero-order valence-electron chi connectivity index (χ0n) is 9.78. The Morgan fingerprint density at radius 3 is 2.89 bits per heavy atom. The van der Waals surface area contributed by atoms with E-state index in [0.29, 0.717) is 19.3 Å². The van der Waals surface area contributed by atoms with Crippen molar-refractivity contribution in [3.63, 3.8) is 0 Å². The predicted molar refractivity (Wildman–Crippen MR) is 63.2 cm³/mol. The molecule has 3 atom stereocenters. The van der Waals surface area contributed by atoms with Gasteiger partial charge in [0.05, 0.1) is 24.1 Å². The number of rotatable bonds is 2. The molecule has 0 aliphatic heterocycles. The van der Waals surface area contributed by atoms with Gasteiger partial charge in [-0.1, -0.05) is 0 Å². The topological polar surface area (TPSA) is 131 Å². The highest BCUT2D eigenvalue weighted by Crippen LogP contribution is 2.34. The Hall–Kier alpha value is -2.07. The van der Waals surface area contributed by atoms with E-state index in [1.165, 1.54) is 10.9 Å². The van der Waals surface area contributed by atoms with Gasteiger partial charge in [-0.15, -0.1) is 0 Å². The molecule has 0 spiro atoms. The molecule has 3 unspecified atom stereocenters. The van der Waals surface area contributed by atoms with E-state index in [1.54, 1.807) is 0 Å². The van der Waals surface area contributed by atoms with Gasteiger partial charge in [-0.25, -0.2) is 0 Å². The van der Waals surface area contributed by atoms with Crippen LogP contribution in [0.1, 0.15) is 35.7 Å². The van der Waals surface area contributed by atoms with Crippen molar-refractivity contribution in [2.24, 2.45) is 11.7 Å². The fraction of sp³-hybridized carbons (Fsp3) is 0.545. The Balaban J connectivity index is 2.28. The third-order valence-electron chi connectivity index (χ3n) is 3.32. The fourth-order valence-electron chi connectivity index (χ4n) is 2.35. The average Bonchev–Trinajstić information content (AvgIpc) is 2.71. The third kappa shape index (κ3) is 2.15. The van der Waals surface area contributed by atoms with Crippen molar-refractivity contribution in [2.75, 3.05) is 5.73 Å². The van der Waals surface area contributed by atoms with Crippen LogP contribution in [0, 0.1) is 17.2 Å². The molecule has 1 aromatic heterocycles. The monoisotopic (exact) mass is 249 g/mol. The Labute approximate surface area is 104 Å². The van der Waals surface area contributed by atoms with E-state index in [4.69, 9.17) is 16.7 Å². The molecule has 0 saturated heterocycles. The summed E-state index contributed by atoms with van der Waals surface area (Å²) >= 11 is 0. The van der Waals surface area contributed by atoms with Crippen LogP contribution in [0.25, 0.3) is 0 Å². The number of nitrogens with two attached hydrogens (primary N) is 2. The van der Waals surface area contributed by atoms with Gasteiger partial charge in [0.25, 0.3) is 5.91 Å². The van der Waals surface area contributed by atoms with E-state index < -0.39 is 12.0 Å². The third-order valence-corrected chi connectivity index (χ3v) is 3.32. The molecule has 0 radical (unpaired) electrons. The van der Waals surface area contributed by atoms with E-state index >= 15 is 0 Å². The second-order valence-corrected chi connectivity index (χ2v) is 4.54. The maximum absolute atomic E-state index is 11.1. The number of hydrogen-bond donors (Lipinski definition) is 3. The van der Waals surface area contributed by atoms with E-state index in [-0.39, 0.29) is 23.3 Å². The van der Waals surface area contributed by atoms with Crippen molar-refractivity contribution in [1.29, 1.82) is 5.26 Å². The molecular formula is C11H15N5O2. The predicted octanol–water partition coefficient (Wildman–Crippen LogP) is -0.210. The van der Waals surface area contributed by atoms with Gasteiger partial charge in [0.1, 0.15) is 5.56 Å². The van der Waals surface area contributed by atoms with E-state index in [2.05, 4.69) is 11.2 Å². The van der Waals surface area contributed by atoms with Crippen LogP contribution in [0.5, 0.6) is 0 Å². The van der Waals surface area contributed by atoms with Gasteiger partial charge in [-0.3, -0.25) is 9.48 Å². The highest BCUT2D eigenvalue weighted by molar-refractivity contribution is 5.96. The first-order chi connectivity index (χ1) is 8.52. The number of amides is 1. The summed E-state index contributed by atoms with van der Waals surface area (Å²) in [5, 5.41) is 22.7. The second-order valence-electron chi connectivity index (χ2n) is 4.54. The number of nitriles is 1. The summed E-state index contributed by atoms with van der Waals surface area (Å²) in [6.45, 7) is 0. The number of nitrogens with zero attached hydrogens (tertiary/aromatic N) is 3. The smallest absolute Gasteiger partial charge is 0.254 e. The lowest BCUT2D eigenvalue weighted by molar-refractivity contribution is 0.0861. The molecule has 0 bridgehead atoms. The minimum Gasteiger partial charge on any atom is -0.393 e. The molecule has 0 aromatic carbocycles. The van der Waals surface area contributed by atoms with Crippen molar-refractivity contribution in [3.8, 4) is 6.07 Å². The molecule has 2 rings (SSSR count). The lowest BCUT2D eigenvalue weighted by Gasteiger charge is -2.29. The summed E-state index contributed by atoms with van der Waals surface area (Å²) in [4.78, 5) is 11.1. The number of aromatic nitrogens is 2. The van der Waals surface area contributed by atoms with Crippen LogP contribution in [0.3, 0.4) is 0 Å². The van der Waals surface area contributed by atoms with Crippen molar-refractivity contribution in [3.05, 3.63) is 11.8 Å². The minimum atomic E-state index is -0.636. The number of aliphatic hydroxyl groups is 1. The summed E-state index contributed by atoms with van der Waals surface area (Å²) in [7, 11) is 0. The number of nitrogen functional groups attached to an aromatic ring is 1. The number of carbonyl (C=O) groups is 1. The number of primary amides is 1. The van der Waals surface area contributed by atoms with Crippen LogP contribution in [0.4, 0.5) is 5.82 Å². The van der Waals surface area contributed by atoms with Gasteiger partial charge in [0, 0.05) is 6.20 Å². The average molecular weight is 249 g/mol. The van der Waals surface area contributed by atoms with Crippen LogP contribution in [-0.2, 0) is 0 Å². The van der Waals surface area contributed by atoms with E-state index in [1.807, 2.05) is 0 Å². The molecular weight excluding hydrogens is 234 g/mol. The van der Waals surface area contributed by atoms with Gasteiger partial charge in [0.15, 0.2) is 5.82 Å². The molecule has 1 fully saturated rings. The molecule has 7 nitrogen and oxygen atoms in total. The first-order valence-corrected chi connectivity index (χ1v) is 5.75. The normalized spacial score (nSPS) is 27.7. The molecule has 1 amide bonds. The van der Waals surface area contributed by atoms with Crippen molar-refractivity contribution >= 4 is 11.7 Å². The quantitative estimate of drug-likeness (QED) is 0.667. The zero-order chi connectivity index (χ0) is 13.3. The van der Waals surface area contributed by atoms with Crippen LogP contribution in [-0.4, -0.2) is 26.9 Å². The van der Waals surface area contributed by atoms with Gasteiger partial charge in [0.2, 0.25) is 0 Å². The number of aliphatic hydroxyl groups excluding tert-OH is 1. The molecule has 1 aromatic rings. The molecule has 5 N–H and O–H groups in total. The Morgan fingerprint density at radius 1 is 1.61 bits per heavy atom. The Morgan fingerprint density at radius 2 is 2.33 bits per heavy atom. The molecule has 96 valence electrons. The summed E-state index contributed by atoms with van der Waals surface area (Å²) in [6, 6.07) is 1.99. The zero-order valence-corrected chi connectivity index (χ0v) is 9.78. The van der Waals surface area contributed by atoms with Gasteiger partial charge in [-0.05, 0) is 19.3 Å². The van der Waals surface area contributed by atoms with Crippen molar-refractivity contribution in [2.45, 2.75) is 31.4 Å². The van der Waals surface area contributed by atoms with E-state index in [0.717, 1.165) is 0 Å². The molecule has 1 saturated carbocycles. The highest BCUT2D eigenvalue weighted by atomic mass is 16.3. The van der Waals surface area contributed by atoms with Crippen LogP contribution >= 0.6 is 0 Å². The van der Waals surface area contributed by atoms with Gasteiger partial charge >= 0.3 is 0 Å². The maximum Gasteiger partial charge on any atom is 0.254 e. The molecule has 1 aliphatic carbocycles.